The Morgan fingerprint density at radius 3 is 2.45 bits per heavy atom. The molecule has 7 nitrogen and oxygen atoms in total. The molecule has 2 rings (SSSR count). The Labute approximate surface area is 178 Å². The summed E-state index contributed by atoms with van der Waals surface area (Å²) in [5.41, 5.74) is 0.674. The van der Waals surface area contributed by atoms with Gasteiger partial charge in [0.1, 0.15) is 5.37 Å². The summed E-state index contributed by atoms with van der Waals surface area (Å²) in [4.78, 5) is 28.9. The van der Waals surface area contributed by atoms with E-state index in [9.17, 15) is 9.59 Å². The number of hydrogen-bond acceptors (Lipinski definition) is 5. The van der Waals surface area contributed by atoms with E-state index in [1.54, 1.807) is 30.9 Å². The van der Waals surface area contributed by atoms with Crippen LogP contribution in [0, 0.1) is 0 Å². The van der Waals surface area contributed by atoms with E-state index >= 15 is 0 Å². The molecule has 3 amide bonds. The summed E-state index contributed by atoms with van der Waals surface area (Å²) in [5.74, 6) is 1.38. The Balaban J connectivity index is 2.17. The number of nitrogens with one attached hydrogen (secondary N) is 1. The van der Waals surface area contributed by atoms with Crippen LogP contribution < -0.4 is 14.8 Å². The Hall–Kier alpha value is -2.09. The molecule has 0 radical (unpaired) electrons. The van der Waals surface area contributed by atoms with Crippen molar-refractivity contribution in [1.82, 2.24) is 15.1 Å². The van der Waals surface area contributed by atoms with E-state index in [1.807, 2.05) is 57.7 Å². The van der Waals surface area contributed by atoms with Gasteiger partial charge in [-0.05, 0) is 52.3 Å². The minimum Gasteiger partial charge on any atom is -0.493 e. The molecule has 1 fully saturated rings. The molecule has 29 heavy (non-hydrogen) atoms. The van der Waals surface area contributed by atoms with Crippen molar-refractivity contribution in [2.75, 3.05) is 33.9 Å². The SMILES string of the molecule is CCN(CCN1C(=O)[C@H](C)S[C@H]1c1ccc(OC)c(OC)c1)C(=O)NC(C)(C)C. The van der Waals surface area contributed by atoms with Crippen molar-refractivity contribution in [1.29, 1.82) is 0 Å². The first-order chi connectivity index (χ1) is 13.6. The highest BCUT2D eigenvalue weighted by Crippen LogP contribution is 2.44. The molecule has 1 aliphatic heterocycles. The van der Waals surface area contributed by atoms with Crippen molar-refractivity contribution in [2.24, 2.45) is 0 Å². The predicted octanol–water partition coefficient (Wildman–Crippen LogP) is 3.50. The predicted molar refractivity (Wildman–Crippen MR) is 117 cm³/mol. The Bertz CT molecular complexity index is 735. The third-order valence-corrected chi connectivity index (χ3v) is 6.10. The molecule has 0 aliphatic carbocycles. The van der Waals surface area contributed by atoms with Gasteiger partial charge < -0.3 is 24.6 Å². The van der Waals surface area contributed by atoms with Crippen LogP contribution in [0.25, 0.3) is 0 Å². The second-order valence-corrected chi connectivity index (χ2v) is 9.46. The van der Waals surface area contributed by atoms with Crippen LogP contribution in [0.1, 0.15) is 45.6 Å². The maximum absolute atomic E-state index is 12.8. The third kappa shape index (κ3) is 5.72. The zero-order valence-electron chi connectivity index (χ0n) is 18.4. The lowest BCUT2D eigenvalue weighted by atomic mass is 10.1. The van der Waals surface area contributed by atoms with Gasteiger partial charge in [-0.3, -0.25) is 4.79 Å². The van der Waals surface area contributed by atoms with Gasteiger partial charge in [-0.25, -0.2) is 4.79 Å². The summed E-state index contributed by atoms with van der Waals surface area (Å²) in [6.07, 6.45) is 0. The van der Waals surface area contributed by atoms with Crippen molar-refractivity contribution < 1.29 is 19.1 Å². The van der Waals surface area contributed by atoms with Crippen LogP contribution in [0.15, 0.2) is 18.2 Å². The lowest BCUT2D eigenvalue weighted by Crippen LogP contribution is -2.50. The second kappa shape index (κ2) is 9.61. The quantitative estimate of drug-likeness (QED) is 0.727. The Kier molecular flexibility index (Phi) is 7.68. The molecule has 1 N–H and O–H groups in total. The van der Waals surface area contributed by atoms with E-state index in [1.165, 1.54) is 0 Å². The Morgan fingerprint density at radius 2 is 1.90 bits per heavy atom. The molecule has 1 heterocycles. The number of carbonyl (C=O) groups is 2. The first-order valence-corrected chi connectivity index (χ1v) is 10.8. The number of thioether (sulfide) groups is 1. The largest absolute Gasteiger partial charge is 0.493 e. The van der Waals surface area contributed by atoms with E-state index < -0.39 is 0 Å². The zero-order valence-corrected chi connectivity index (χ0v) is 19.3. The molecule has 162 valence electrons. The molecule has 1 aromatic carbocycles. The number of carbonyl (C=O) groups excluding carboxylic acids is 2. The fraction of sp³-hybridized carbons (Fsp3) is 0.619. The van der Waals surface area contributed by atoms with Crippen LogP contribution in [-0.4, -0.2) is 66.4 Å². The summed E-state index contributed by atoms with van der Waals surface area (Å²) in [6.45, 7) is 11.2. The zero-order chi connectivity index (χ0) is 21.8. The van der Waals surface area contributed by atoms with E-state index in [4.69, 9.17) is 9.47 Å². The fourth-order valence-electron chi connectivity index (χ4n) is 3.20. The van der Waals surface area contributed by atoms with Crippen LogP contribution in [-0.2, 0) is 4.79 Å². The van der Waals surface area contributed by atoms with E-state index in [0.29, 0.717) is 31.1 Å². The molecule has 0 bridgehead atoms. The molecule has 1 aromatic rings. The van der Waals surface area contributed by atoms with Gasteiger partial charge in [0, 0.05) is 25.2 Å². The molecule has 0 aromatic heterocycles. The number of urea groups is 1. The van der Waals surface area contributed by atoms with Crippen molar-refractivity contribution in [2.45, 2.75) is 50.8 Å². The van der Waals surface area contributed by atoms with Gasteiger partial charge in [0.05, 0.1) is 19.5 Å². The third-order valence-electron chi connectivity index (χ3n) is 4.70. The fourth-order valence-corrected chi connectivity index (χ4v) is 4.50. The van der Waals surface area contributed by atoms with Gasteiger partial charge in [-0.15, -0.1) is 11.8 Å². The van der Waals surface area contributed by atoms with Gasteiger partial charge in [-0.1, -0.05) is 6.07 Å². The number of methoxy groups -OCH3 is 2. The van der Waals surface area contributed by atoms with Gasteiger partial charge in [0.2, 0.25) is 5.91 Å². The topological polar surface area (TPSA) is 71.1 Å². The summed E-state index contributed by atoms with van der Waals surface area (Å²) >= 11 is 1.61. The number of likely N-dealkylation sites (N-methyl/N-ethyl adjacent to an activating group) is 1. The minimum absolute atomic E-state index is 0.0852. The minimum atomic E-state index is -0.305. The summed E-state index contributed by atoms with van der Waals surface area (Å²) < 4.78 is 10.7. The lowest BCUT2D eigenvalue weighted by molar-refractivity contribution is -0.130. The summed E-state index contributed by atoms with van der Waals surface area (Å²) in [6, 6.07) is 5.62. The van der Waals surface area contributed by atoms with Crippen molar-refractivity contribution in [3.8, 4) is 11.5 Å². The first-order valence-electron chi connectivity index (χ1n) is 9.86. The summed E-state index contributed by atoms with van der Waals surface area (Å²) in [7, 11) is 3.20. The van der Waals surface area contributed by atoms with E-state index in [0.717, 1.165) is 5.56 Å². The molecule has 0 spiro atoms. The van der Waals surface area contributed by atoms with Crippen LogP contribution in [0.3, 0.4) is 0 Å². The average Bonchev–Trinajstić information content (AvgIpc) is 2.94. The van der Waals surface area contributed by atoms with Crippen molar-refractivity contribution >= 4 is 23.7 Å². The lowest BCUT2D eigenvalue weighted by Gasteiger charge is -2.30. The average molecular weight is 424 g/mol. The molecule has 2 atom stereocenters. The van der Waals surface area contributed by atoms with Crippen molar-refractivity contribution in [3.05, 3.63) is 23.8 Å². The van der Waals surface area contributed by atoms with Crippen LogP contribution in [0.4, 0.5) is 4.79 Å². The molecule has 8 heteroatoms. The highest BCUT2D eigenvalue weighted by molar-refractivity contribution is 8.01. The monoisotopic (exact) mass is 423 g/mol. The number of ether oxygens (including phenoxy) is 2. The number of rotatable bonds is 7. The van der Waals surface area contributed by atoms with Gasteiger partial charge in [0.15, 0.2) is 11.5 Å². The molecular formula is C21H33N3O4S. The first kappa shape index (κ1) is 23.2. The number of hydrogen-bond donors (Lipinski definition) is 1. The standard InChI is InChI=1S/C21H33N3O4S/c1-8-23(20(26)22-21(3,4)5)11-12-24-18(25)14(2)29-19(24)15-9-10-16(27-6)17(13-15)28-7/h9-10,13-14,19H,8,11-12H2,1-7H3,(H,22,26)/t14-,19-/m0/s1. The van der Waals surface area contributed by atoms with Gasteiger partial charge >= 0.3 is 6.03 Å². The Morgan fingerprint density at radius 1 is 1.24 bits per heavy atom. The van der Waals surface area contributed by atoms with Gasteiger partial charge in [-0.2, -0.15) is 0 Å². The van der Waals surface area contributed by atoms with E-state index in [2.05, 4.69) is 5.32 Å². The van der Waals surface area contributed by atoms with Gasteiger partial charge in [0.25, 0.3) is 0 Å². The number of amides is 3. The molecular weight excluding hydrogens is 390 g/mol. The highest BCUT2D eigenvalue weighted by Gasteiger charge is 2.39. The smallest absolute Gasteiger partial charge is 0.317 e. The number of nitrogens with zero attached hydrogens (tertiary/aromatic N) is 2. The normalized spacial score (nSPS) is 19.3. The number of benzene rings is 1. The van der Waals surface area contributed by atoms with Crippen LogP contribution in [0.5, 0.6) is 11.5 Å². The maximum atomic E-state index is 12.8. The van der Waals surface area contributed by atoms with E-state index in [-0.39, 0.29) is 28.1 Å². The van der Waals surface area contributed by atoms with Crippen LogP contribution in [0.2, 0.25) is 0 Å². The van der Waals surface area contributed by atoms with Crippen molar-refractivity contribution in [3.63, 3.8) is 0 Å². The molecule has 1 saturated heterocycles. The maximum Gasteiger partial charge on any atom is 0.317 e. The molecule has 1 aliphatic rings. The highest BCUT2D eigenvalue weighted by atomic mass is 32.2. The molecule has 0 saturated carbocycles. The summed E-state index contributed by atoms with van der Waals surface area (Å²) in [5, 5.41) is 2.73. The molecule has 0 unspecified atom stereocenters. The second-order valence-electron chi connectivity index (χ2n) is 8.04. The van der Waals surface area contributed by atoms with Crippen LogP contribution >= 0.6 is 11.8 Å².